The molecule has 5 nitrogen and oxygen atoms in total. The predicted octanol–water partition coefficient (Wildman–Crippen LogP) is 2.57. The first-order chi connectivity index (χ1) is 9.63. The first-order valence-electron chi connectivity index (χ1n) is 6.49. The SMILES string of the molecule is Cc1nc2sc3c(NCCO)ncnc3c2c(C)c1C. The third-order valence-corrected chi connectivity index (χ3v) is 4.69. The van der Waals surface area contributed by atoms with E-state index >= 15 is 0 Å². The van der Waals surface area contributed by atoms with E-state index in [1.807, 2.05) is 6.92 Å². The number of aryl methyl sites for hydroxylation is 2. The van der Waals surface area contributed by atoms with Gasteiger partial charge in [0.15, 0.2) is 0 Å². The van der Waals surface area contributed by atoms with Crippen molar-refractivity contribution in [2.24, 2.45) is 0 Å². The molecule has 2 N–H and O–H groups in total. The normalized spacial score (nSPS) is 11.4. The Labute approximate surface area is 120 Å². The second kappa shape index (κ2) is 4.96. The van der Waals surface area contributed by atoms with Gasteiger partial charge in [-0.3, -0.25) is 0 Å². The van der Waals surface area contributed by atoms with Gasteiger partial charge in [0.2, 0.25) is 0 Å². The molecule has 0 aliphatic heterocycles. The van der Waals surface area contributed by atoms with Crippen LogP contribution in [-0.2, 0) is 0 Å². The number of thiophene rings is 1. The van der Waals surface area contributed by atoms with Crippen LogP contribution in [-0.4, -0.2) is 33.2 Å². The van der Waals surface area contributed by atoms with E-state index in [2.05, 4.69) is 34.1 Å². The van der Waals surface area contributed by atoms with Crippen molar-refractivity contribution in [3.8, 4) is 0 Å². The van der Waals surface area contributed by atoms with E-state index in [-0.39, 0.29) is 6.61 Å². The minimum absolute atomic E-state index is 0.0753. The predicted molar refractivity (Wildman–Crippen MR) is 82.5 cm³/mol. The van der Waals surface area contributed by atoms with Gasteiger partial charge in [-0.2, -0.15) is 0 Å². The average Bonchev–Trinajstić information content (AvgIpc) is 2.81. The van der Waals surface area contributed by atoms with Gasteiger partial charge in [0.05, 0.1) is 16.8 Å². The van der Waals surface area contributed by atoms with E-state index in [9.17, 15) is 0 Å². The van der Waals surface area contributed by atoms with Gasteiger partial charge in [-0.1, -0.05) is 0 Å². The summed E-state index contributed by atoms with van der Waals surface area (Å²) in [4.78, 5) is 14.4. The molecule has 0 amide bonds. The zero-order valence-corrected chi connectivity index (χ0v) is 12.5. The summed E-state index contributed by atoms with van der Waals surface area (Å²) in [6.45, 7) is 6.79. The zero-order valence-electron chi connectivity index (χ0n) is 11.7. The molecule has 20 heavy (non-hydrogen) atoms. The van der Waals surface area contributed by atoms with E-state index in [4.69, 9.17) is 5.11 Å². The van der Waals surface area contributed by atoms with Crippen LogP contribution in [0.2, 0.25) is 0 Å². The smallest absolute Gasteiger partial charge is 0.147 e. The lowest BCUT2D eigenvalue weighted by molar-refractivity contribution is 0.311. The maximum Gasteiger partial charge on any atom is 0.147 e. The van der Waals surface area contributed by atoms with E-state index < -0.39 is 0 Å². The number of aromatic nitrogens is 3. The van der Waals surface area contributed by atoms with Gasteiger partial charge < -0.3 is 10.4 Å². The third kappa shape index (κ3) is 1.92. The van der Waals surface area contributed by atoms with Gasteiger partial charge >= 0.3 is 0 Å². The molecule has 3 rings (SSSR count). The van der Waals surface area contributed by atoms with Crippen molar-refractivity contribution in [1.29, 1.82) is 0 Å². The van der Waals surface area contributed by atoms with Crippen LogP contribution >= 0.6 is 11.3 Å². The molecule has 0 saturated carbocycles. The number of hydrogen-bond acceptors (Lipinski definition) is 6. The van der Waals surface area contributed by atoms with Gasteiger partial charge in [0, 0.05) is 17.6 Å². The number of nitrogens with one attached hydrogen (secondary N) is 1. The van der Waals surface area contributed by atoms with E-state index in [1.165, 1.54) is 11.1 Å². The minimum atomic E-state index is 0.0753. The van der Waals surface area contributed by atoms with Crippen LogP contribution in [0.4, 0.5) is 5.82 Å². The van der Waals surface area contributed by atoms with Crippen LogP contribution in [0, 0.1) is 20.8 Å². The van der Waals surface area contributed by atoms with Crippen molar-refractivity contribution in [1.82, 2.24) is 15.0 Å². The van der Waals surface area contributed by atoms with Gasteiger partial charge in [-0.15, -0.1) is 11.3 Å². The zero-order chi connectivity index (χ0) is 14.3. The number of anilines is 1. The summed E-state index contributed by atoms with van der Waals surface area (Å²) in [7, 11) is 0. The second-order valence-electron chi connectivity index (χ2n) is 4.78. The average molecular weight is 288 g/mol. The Balaban J connectivity index is 2.34. The third-order valence-electron chi connectivity index (χ3n) is 3.61. The molecule has 0 aliphatic rings. The summed E-state index contributed by atoms with van der Waals surface area (Å²) in [6.07, 6.45) is 1.56. The largest absolute Gasteiger partial charge is 0.395 e. The molecule has 6 heteroatoms. The lowest BCUT2D eigenvalue weighted by Gasteiger charge is -2.05. The Kier molecular flexibility index (Phi) is 3.27. The molecule has 0 bridgehead atoms. The van der Waals surface area contributed by atoms with Crippen molar-refractivity contribution in [3.05, 3.63) is 23.1 Å². The van der Waals surface area contributed by atoms with Crippen LogP contribution in [0.3, 0.4) is 0 Å². The molecule has 0 radical (unpaired) electrons. The summed E-state index contributed by atoms with van der Waals surface area (Å²) in [5.41, 5.74) is 4.43. The molecule has 0 atom stereocenters. The Hall–Kier alpha value is -1.79. The summed E-state index contributed by atoms with van der Waals surface area (Å²) in [5, 5.41) is 13.2. The van der Waals surface area contributed by atoms with E-state index in [0.717, 1.165) is 31.9 Å². The molecule has 0 saturated heterocycles. The Morgan fingerprint density at radius 1 is 1.20 bits per heavy atom. The molecular formula is C14H16N4OS. The maximum absolute atomic E-state index is 8.94. The van der Waals surface area contributed by atoms with Gasteiger partial charge in [0.25, 0.3) is 0 Å². The summed E-state index contributed by atoms with van der Waals surface area (Å²) in [5.74, 6) is 0.766. The van der Waals surface area contributed by atoms with Crippen molar-refractivity contribution in [2.75, 3.05) is 18.5 Å². The van der Waals surface area contributed by atoms with Crippen molar-refractivity contribution >= 4 is 37.6 Å². The molecular weight excluding hydrogens is 272 g/mol. The lowest BCUT2D eigenvalue weighted by Crippen LogP contribution is -2.06. The van der Waals surface area contributed by atoms with Crippen LogP contribution in [0.5, 0.6) is 0 Å². The van der Waals surface area contributed by atoms with Crippen molar-refractivity contribution < 1.29 is 5.11 Å². The fraction of sp³-hybridized carbons (Fsp3) is 0.357. The number of fused-ring (bicyclic) bond motifs is 3. The molecule has 3 heterocycles. The summed E-state index contributed by atoms with van der Waals surface area (Å²) < 4.78 is 0.997. The second-order valence-corrected chi connectivity index (χ2v) is 5.78. The van der Waals surface area contributed by atoms with Crippen molar-refractivity contribution in [3.63, 3.8) is 0 Å². The Bertz CT molecular complexity index is 797. The molecule has 0 aliphatic carbocycles. The van der Waals surface area contributed by atoms with E-state index in [0.29, 0.717) is 6.54 Å². The van der Waals surface area contributed by atoms with Crippen LogP contribution in [0.1, 0.15) is 16.8 Å². The number of rotatable bonds is 3. The first kappa shape index (κ1) is 13.2. The summed E-state index contributed by atoms with van der Waals surface area (Å²) >= 11 is 1.60. The molecule has 0 unspecified atom stereocenters. The van der Waals surface area contributed by atoms with Gasteiger partial charge in [-0.25, -0.2) is 15.0 Å². The fourth-order valence-corrected chi connectivity index (χ4v) is 3.51. The van der Waals surface area contributed by atoms with Gasteiger partial charge in [-0.05, 0) is 31.9 Å². The van der Waals surface area contributed by atoms with Crippen LogP contribution in [0.25, 0.3) is 20.4 Å². The monoisotopic (exact) mass is 288 g/mol. The highest BCUT2D eigenvalue weighted by Gasteiger charge is 2.16. The summed E-state index contributed by atoms with van der Waals surface area (Å²) in [6, 6.07) is 0. The molecule has 104 valence electrons. The molecule has 0 fully saturated rings. The minimum Gasteiger partial charge on any atom is -0.395 e. The number of hydrogen-bond donors (Lipinski definition) is 2. The topological polar surface area (TPSA) is 70.9 Å². The Morgan fingerprint density at radius 3 is 2.75 bits per heavy atom. The molecule has 3 aromatic heterocycles. The quantitative estimate of drug-likeness (QED) is 0.775. The fourth-order valence-electron chi connectivity index (χ4n) is 2.31. The highest BCUT2D eigenvalue weighted by Crippen LogP contribution is 2.37. The Morgan fingerprint density at radius 2 is 2.00 bits per heavy atom. The van der Waals surface area contributed by atoms with Gasteiger partial charge in [0.1, 0.15) is 17.0 Å². The van der Waals surface area contributed by atoms with Crippen LogP contribution in [0.15, 0.2) is 6.33 Å². The number of aliphatic hydroxyl groups is 1. The number of pyridine rings is 1. The highest BCUT2D eigenvalue weighted by atomic mass is 32.1. The number of nitrogens with zero attached hydrogens (tertiary/aromatic N) is 3. The highest BCUT2D eigenvalue weighted by molar-refractivity contribution is 7.26. The first-order valence-corrected chi connectivity index (χ1v) is 7.31. The molecule has 0 aromatic carbocycles. The lowest BCUT2D eigenvalue weighted by atomic mass is 10.1. The maximum atomic E-state index is 8.94. The van der Waals surface area contributed by atoms with Crippen LogP contribution < -0.4 is 5.32 Å². The van der Waals surface area contributed by atoms with Crippen molar-refractivity contribution in [2.45, 2.75) is 20.8 Å². The molecule has 0 spiro atoms. The standard InChI is InChI=1S/C14H16N4OS/c1-7-8(2)10-11-12(20-14(10)18-9(7)3)13(15-4-5-19)17-6-16-11/h6,19H,4-5H2,1-3H3,(H,15,16,17). The molecule has 3 aromatic rings. The van der Waals surface area contributed by atoms with E-state index in [1.54, 1.807) is 17.7 Å². The number of aliphatic hydroxyl groups excluding tert-OH is 1.